The van der Waals surface area contributed by atoms with E-state index in [-0.39, 0.29) is 17.7 Å². The van der Waals surface area contributed by atoms with E-state index in [9.17, 15) is 23.1 Å². The first-order chi connectivity index (χ1) is 15.8. The molecule has 0 spiro atoms. The van der Waals surface area contributed by atoms with Crippen LogP contribution in [0.3, 0.4) is 0 Å². The maximum atomic E-state index is 13.0. The Kier molecular flexibility index (Phi) is 5.74. The van der Waals surface area contributed by atoms with Gasteiger partial charge >= 0.3 is 6.18 Å². The molecule has 2 aliphatic heterocycles. The number of amides is 1. The van der Waals surface area contributed by atoms with Gasteiger partial charge in [-0.2, -0.15) is 13.2 Å². The van der Waals surface area contributed by atoms with Gasteiger partial charge in [0.05, 0.1) is 23.7 Å². The summed E-state index contributed by atoms with van der Waals surface area (Å²) in [6.45, 7) is 2.10. The van der Waals surface area contributed by atoms with Crippen molar-refractivity contribution in [2.75, 3.05) is 26.2 Å². The van der Waals surface area contributed by atoms with Gasteiger partial charge in [-0.25, -0.2) is 4.98 Å². The molecule has 3 heterocycles. The van der Waals surface area contributed by atoms with Crippen molar-refractivity contribution in [1.82, 2.24) is 19.8 Å². The number of fused-ring (bicyclic) bond motifs is 1. The number of hydrogen-bond donors (Lipinski definition) is 1. The summed E-state index contributed by atoms with van der Waals surface area (Å²) in [5, 5.41) is 10.5. The molecule has 3 fully saturated rings. The molecule has 1 amide bonds. The summed E-state index contributed by atoms with van der Waals surface area (Å²) in [6, 6.07) is 4.34. The van der Waals surface area contributed by atoms with Crippen LogP contribution in [0, 0.1) is 0 Å². The van der Waals surface area contributed by atoms with Crippen LogP contribution < -0.4 is 4.74 Å². The van der Waals surface area contributed by atoms with Crippen LogP contribution in [0.2, 0.25) is 0 Å². The summed E-state index contributed by atoms with van der Waals surface area (Å²) in [4.78, 5) is 25.4. The molecule has 2 aromatic rings. The monoisotopic (exact) mass is 462 g/mol. The fourth-order valence-corrected chi connectivity index (χ4v) is 4.63. The first-order valence-electron chi connectivity index (χ1n) is 11.1. The van der Waals surface area contributed by atoms with Gasteiger partial charge in [-0.3, -0.25) is 14.7 Å². The summed E-state index contributed by atoms with van der Waals surface area (Å²) in [5.74, 6) is 0.429. The zero-order valence-electron chi connectivity index (χ0n) is 17.9. The predicted octanol–water partition coefficient (Wildman–Crippen LogP) is 2.77. The van der Waals surface area contributed by atoms with Crippen LogP contribution in [-0.4, -0.2) is 69.1 Å². The molecule has 0 bridgehead atoms. The molecular weight excluding hydrogens is 437 g/mol. The van der Waals surface area contributed by atoms with E-state index >= 15 is 0 Å². The molecule has 3 aliphatic rings. The standard InChI is InChI=1S/C23H25F3N4O3/c24-23(25,26)16-3-1-2-15(8-16)21(31)22(32)30-7-6-29-13-18(9-17(29)12-30)33-20-11-27-19(10-28-20)14-4-5-14/h1-3,8,10-11,14,17-18,21,31H,4-7,9,12-13H2/t17-,18+,21+/m0/s1. The fourth-order valence-electron chi connectivity index (χ4n) is 4.63. The molecule has 1 N–H and O–H groups in total. The quantitative estimate of drug-likeness (QED) is 0.736. The molecule has 33 heavy (non-hydrogen) atoms. The number of aromatic nitrogens is 2. The van der Waals surface area contributed by atoms with Crippen LogP contribution in [0.25, 0.3) is 0 Å². The van der Waals surface area contributed by atoms with E-state index in [0.717, 1.165) is 30.7 Å². The molecule has 5 rings (SSSR count). The van der Waals surface area contributed by atoms with Gasteiger partial charge < -0.3 is 14.7 Å². The molecule has 0 unspecified atom stereocenters. The Balaban J connectivity index is 1.18. The highest BCUT2D eigenvalue weighted by Crippen LogP contribution is 2.38. The number of carbonyl (C=O) groups is 1. The van der Waals surface area contributed by atoms with E-state index in [1.165, 1.54) is 17.0 Å². The zero-order valence-corrected chi connectivity index (χ0v) is 17.9. The molecular formula is C23H25F3N4O3. The van der Waals surface area contributed by atoms with Crippen molar-refractivity contribution in [1.29, 1.82) is 0 Å². The van der Waals surface area contributed by atoms with Gasteiger partial charge in [-0.05, 0) is 30.5 Å². The number of nitrogens with zero attached hydrogens (tertiary/aromatic N) is 4. The highest BCUT2D eigenvalue weighted by atomic mass is 19.4. The third-order valence-electron chi connectivity index (χ3n) is 6.58. The van der Waals surface area contributed by atoms with Crippen molar-refractivity contribution in [2.24, 2.45) is 0 Å². The number of carbonyl (C=O) groups excluding carboxylic acids is 1. The van der Waals surface area contributed by atoms with E-state index in [1.807, 2.05) is 0 Å². The SMILES string of the molecule is O=C([C@H](O)c1cccc(C(F)(F)F)c1)N1CCN2C[C@H](Oc3cnc(C4CC4)cn3)C[C@H]2C1. The van der Waals surface area contributed by atoms with Gasteiger partial charge in [0.15, 0.2) is 6.10 Å². The number of halogens is 3. The Morgan fingerprint density at radius 3 is 2.67 bits per heavy atom. The molecule has 7 nitrogen and oxygen atoms in total. The van der Waals surface area contributed by atoms with E-state index in [0.29, 0.717) is 44.4 Å². The average molecular weight is 462 g/mol. The highest BCUT2D eigenvalue weighted by Gasteiger charge is 2.40. The van der Waals surface area contributed by atoms with Crippen LogP contribution >= 0.6 is 0 Å². The van der Waals surface area contributed by atoms with Crippen LogP contribution in [0.4, 0.5) is 13.2 Å². The number of hydrogen-bond acceptors (Lipinski definition) is 6. The molecule has 10 heteroatoms. The third-order valence-corrected chi connectivity index (χ3v) is 6.58. The van der Waals surface area contributed by atoms with Crippen molar-refractivity contribution < 1.29 is 27.8 Å². The Hall–Kier alpha value is -2.72. The number of aliphatic hydroxyl groups excluding tert-OH is 1. The van der Waals surface area contributed by atoms with Gasteiger partial charge in [-0.15, -0.1) is 0 Å². The van der Waals surface area contributed by atoms with Crippen molar-refractivity contribution in [2.45, 2.75) is 49.6 Å². The van der Waals surface area contributed by atoms with Gasteiger partial charge in [-0.1, -0.05) is 12.1 Å². The summed E-state index contributed by atoms with van der Waals surface area (Å²) in [6.07, 6.45) is 0.183. The maximum Gasteiger partial charge on any atom is 0.416 e. The van der Waals surface area contributed by atoms with E-state index < -0.39 is 23.8 Å². The lowest BCUT2D eigenvalue weighted by Gasteiger charge is -2.38. The van der Waals surface area contributed by atoms with E-state index in [1.54, 1.807) is 12.4 Å². The minimum atomic E-state index is -4.54. The highest BCUT2D eigenvalue weighted by molar-refractivity contribution is 5.82. The summed E-state index contributed by atoms with van der Waals surface area (Å²) < 4.78 is 45.0. The Morgan fingerprint density at radius 1 is 1.15 bits per heavy atom. The lowest BCUT2D eigenvalue weighted by atomic mass is 10.0. The number of piperazine rings is 1. The molecule has 176 valence electrons. The van der Waals surface area contributed by atoms with Crippen molar-refractivity contribution in [3.63, 3.8) is 0 Å². The van der Waals surface area contributed by atoms with Crippen LogP contribution in [0.5, 0.6) is 5.88 Å². The topological polar surface area (TPSA) is 78.8 Å². The Bertz CT molecular complexity index is 1010. The number of benzene rings is 1. The minimum Gasteiger partial charge on any atom is -0.472 e. The Morgan fingerprint density at radius 2 is 1.97 bits per heavy atom. The lowest BCUT2D eigenvalue weighted by molar-refractivity contribution is -0.143. The lowest BCUT2D eigenvalue weighted by Crippen LogP contribution is -2.53. The molecule has 3 atom stereocenters. The second-order valence-corrected chi connectivity index (χ2v) is 8.99. The summed E-state index contributed by atoms with van der Waals surface area (Å²) in [5.41, 5.74) is 0.0542. The zero-order chi connectivity index (χ0) is 23.2. The van der Waals surface area contributed by atoms with Gasteiger partial charge in [0, 0.05) is 44.6 Å². The van der Waals surface area contributed by atoms with Gasteiger partial charge in [0.1, 0.15) is 6.10 Å². The number of aliphatic hydroxyl groups is 1. The van der Waals surface area contributed by atoms with E-state index in [4.69, 9.17) is 4.74 Å². The first kappa shape index (κ1) is 22.1. The fraction of sp³-hybridized carbons (Fsp3) is 0.522. The van der Waals surface area contributed by atoms with Gasteiger partial charge in [0.25, 0.3) is 5.91 Å². The molecule has 0 radical (unpaired) electrons. The summed E-state index contributed by atoms with van der Waals surface area (Å²) >= 11 is 0. The molecule has 1 aliphatic carbocycles. The Labute approximate surface area is 189 Å². The average Bonchev–Trinajstić information content (AvgIpc) is 3.57. The maximum absolute atomic E-state index is 13.0. The van der Waals surface area contributed by atoms with Crippen LogP contribution in [-0.2, 0) is 11.0 Å². The summed E-state index contributed by atoms with van der Waals surface area (Å²) in [7, 11) is 0. The van der Waals surface area contributed by atoms with Crippen molar-refractivity contribution in [3.05, 3.63) is 53.5 Å². The van der Waals surface area contributed by atoms with Crippen molar-refractivity contribution in [3.8, 4) is 5.88 Å². The predicted molar refractivity (Wildman–Crippen MR) is 111 cm³/mol. The van der Waals surface area contributed by atoms with Gasteiger partial charge in [0.2, 0.25) is 5.88 Å². The number of ether oxygens (including phenoxy) is 1. The molecule has 1 aromatic heterocycles. The normalized spacial score (nSPS) is 24.4. The number of rotatable bonds is 5. The number of alkyl halides is 3. The molecule has 1 saturated carbocycles. The smallest absolute Gasteiger partial charge is 0.416 e. The largest absolute Gasteiger partial charge is 0.472 e. The van der Waals surface area contributed by atoms with Crippen LogP contribution in [0.15, 0.2) is 36.7 Å². The molecule has 1 aromatic carbocycles. The second-order valence-electron chi connectivity index (χ2n) is 8.99. The third kappa shape index (κ3) is 4.81. The first-order valence-corrected chi connectivity index (χ1v) is 11.1. The molecule has 2 saturated heterocycles. The van der Waals surface area contributed by atoms with Crippen LogP contribution in [0.1, 0.15) is 48.1 Å². The van der Waals surface area contributed by atoms with Crippen molar-refractivity contribution >= 4 is 5.91 Å². The second kappa shape index (κ2) is 8.57. The van der Waals surface area contributed by atoms with E-state index in [2.05, 4.69) is 14.9 Å². The minimum absolute atomic E-state index is 0.0557.